The average Bonchev–Trinajstić information content (AvgIpc) is 2.80. The van der Waals surface area contributed by atoms with E-state index in [0.717, 1.165) is 20.8 Å². The van der Waals surface area contributed by atoms with Gasteiger partial charge in [-0.25, -0.2) is 4.98 Å². The van der Waals surface area contributed by atoms with Crippen LogP contribution in [0, 0.1) is 0 Å². The van der Waals surface area contributed by atoms with Gasteiger partial charge >= 0.3 is 0 Å². The predicted molar refractivity (Wildman–Crippen MR) is 85.4 cm³/mol. The van der Waals surface area contributed by atoms with Crippen LogP contribution in [0.1, 0.15) is 26.3 Å². The highest BCUT2D eigenvalue weighted by atomic mass is 32.1. The van der Waals surface area contributed by atoms with Crippen LogP contribution in [0.3, 0.4) is 0 Å². The van der Waals surface area contributed by atoms with Crippen molar-refractivity contribution in [3.8, 4) is 16.3 Å². The summed E-state index contributed by atoms with van der Waals surface area (Å²) in [6.45, 7) is 6.62. The molecule has 3 rings (SSSR count). The Morgan fingerprint density at radius 1 is 1.05 bits per heavy atom. The van der Waals surface area contributed by atoms with Crippen molar-refractivity contribution in [3.05, 3.63) is 48.0 Å². The first-order valence-electron chi connectivity index (χ1n) is 6.64. The standard InChI is InChI=1S/C17H17NOS/c1-17(2,3)11-8-9-13-15(10-11)20-16(18-13)12-6-4-5-7-14(12)19/h4-10,19H,1-3H3. The Morgan fingerprint density at radius 2 is 1.80 bits per heavy atom. The molecule has 0 saturated heterocycles. The van der Waals surface area contributed by atoms with Gasteiger partial charge in [-0.2, -0.15) is 0 Å². The Labute approximate surface area is 122 Å². The number of aromatic hydroxyl groups is 1. The molecule has 0 aliphatic heterocycles. The first-order chi connectivity index (χ1) is 9.45. The van der Waals surface area contributed by atoms with Gasteiger partial charge in [-0.15, -0.1) is 11.3 Å². The molecule has 1 aromatic heterocycles. The molecule has 0 radical (unpaired) electrons. The van der Waals surface area contributed by atoms with E-state index < -0.39 is 0 Å². The number of para-hydroxylation sites is 1. The molecule has 0 amide bonds. The van der Waals surface area contributed by atoms with Crippen LogP contribution in [0.25, 0.3) is 20.8 Å². The molecular weight excluding hydrogens is 266 g/mol. The van der Waals surface area contributed by atoms with Crippen LogP contribution in [-0.2, 0) is 5.41 Å². The second-order valence-electron chi connectivity index (χ2n) is 5.97. The SMILES string of the molecule is CC(C)(C)c1ccc2nc(-c3ccccc3O)sc2c1. The maximum absolute atomic E-state index is 9.94. The summed E-state index contributed by atoms with van der Waals surface area (Å²) in [4.78, 5) is 4.63. The number of nitrogens with zero attached hydrogens (tertiary/aromatic N) is 1. The molecule has 3 heteroatoms. The number of aromatic nitrogens is 1. The summed E-state index contributed by atoms with van der Waals surface area (Å²) in [5.41, 5.74) is 3.22. The lowest BCUT2D eigenvalue weighted by Crippen LogP contribution is -2.10. The summed E-state index contributed by atoms with van der Waals surface area (Å²) in [6.07, 6.45) is 0. The highest BCUT2D eigenvalue weighted by Crippen LogP contribution is 2.36. The highest BCUT2D eigenvalue weighted by Gasteiger charge is 2.16. The molecule has 0 aliphatic carbocycles. The summed E-state index contributed by atoms with van der Waals surface area (Å²) < 4.78 is 1.16. The second kappa shape index (κ2) is 4.60. The van der Waals surface area contributed by atoms with E-state index in [4.69, 9.17) is 0 Å². The summed E-state index contributed by atoms with van der Waals surface area (Å²) >= 11 is 1.62. The van der Waals surface area contributed by atoms with Gasteiger partial charge in [0, 0.05) is 0 Å². The van der Waals surface area contributed by atoms with E-state index in [-0.39, 0.29) is 11.2 Å². The Hall–Kier alpha value is -1.87. The predicted octanol–water partition coefficient (Wildman–Crippen LogP) is 4.97. The Bertz CT molecular complexity index is 768. The van der Waals surface area contributed by atoms with Crippen LogP contribution in [-0.4, -0.2) is 10.1 Å². The summed E-state index contributed by atoms with van der Waals surface area (Å²) in [7, 11) is 0. The van der Waals surface area contributed by atoms with Gasteiger partial charge in [-0.1, -0.05) is 39.0 Å². The topological polar surface area (TPSA) is 33.1 Å². The smallest absolute Gasteiger partial charge is 0.128 e. The molecule has 1 heterocycles. The van der Waals surface area contributed by atoms with Crippen molar-refractivity contribution in [2.75, 3.05) is 0 Å². The zero-order valence-corrected chi connectivity index (χ0v) is 12.7. The van der Waals surface area contributed by atoms with Crippen LogP contribution in [0.5, 0.6) is 5.75 Å². The summed E-state index contributed by atoms with van der Waals surface area (Å²) in [5, 5.41) is 10.8. The largest absolute Gasteiger partial charge is 0.507 e. The van der Waals surface area contributed by atoms with E-state index in [0.29, 0.717) is 0 Å². The molecule has 2 nitrogen and oxygen atoms in total. The monoisotopic (exact) mass is 283 g/mol. The third kappa shape index (κ3) is 2.29. The van der Waals surface area contributed by atoms with E-state index in [2.05, 4.69) is 44.0 Å². The molecule has 0 unspecified atom stereocenters. The van der Waals surface area contributed by atoms with Gasteiger partial charge in [0.25, 0.3) is 0 Å². The van der Waals surface area contributed by atoms with Crippen molar-refractivity contribution in [3.63, 3.8) is 0 Å². The molecule has 102 valence electrons. The summed E-state index contributed by atoms with van der Waals surface area (Å²) in [5.74, 6) is 0.280. The molecule has 3 aromatic rings. The Kier molecular flexibility index (Phi) is 3.02. The normalized spacial score (nSPS) is 11.9. The number of rotatable bonds is 1. The van der Waals surface area contributed by atoms with Crippen LogP contribution in [0.2, 0.25) is 0 Å². The molecule has 20 heavy (non-hydrogen) atoms. The highest BCUT2D eigenvalue weighted by molar-refractivity contribution is 7.21. The molecule has 0 fully saturated rings. The number of hydrogen-bond donors (Lipinski definition) is 1. The summed E-state index contributed by atoms with van der Waals surface area (Å²) in [6, 6.07) is 13.7. The minimum absolute atomic E-state index is 0.132. The number of phenolic OH excluding ortho intramolecular Hbond substituents is 1. The molecule has 1 N–H and O–H groups in total. The zero-order chi connectivity index (χ0) is 14.3. The maximum Gasteiger partial charge on any atom is 0.128 e. The average molecular weight is 283 g/mol. The van der Waals surface area contributed by atoms with Crippen molar-refractivity contribution in [2.24, 2.45) is 0 Å². The molecule has 0 saturated carbocycles. The van der Waals surface area contributed by atoms with Gasteiger partial charge in [-0.05, 0) is 35.2 Å². The van der Waals surface area contributed by atoms with E-state index >= 15 is 0 Å². The number of thiazole rings is 1. The fourth-order valence-electron chi connectivity index (χ4n) is 2.16. The van der Waals surface area contributed by atoms with Gasteiger partial charge in [-0.3, -0.25) is 0 Å². The number of fused-ring (bicyclic) bond motifs is 1. The molecule has 0 spiro atoms. The molecule has 0 atom stereocenters. The quantitative estimate of drug-likeness (QED) is 0.684. The second-order valence-corrected chi connectivity index (χ2v) is 7.00. The third-order valence-corrected chi connectivity index (χ3v) is 4.44. The minimum atomic E-state index is 0.132. The first-order valence-corrected chi connectivity index (χ1v) is 7.46. The van der Waals surface area contributed by atoms with Crippen molar-refractivity contribution in [1.29, 1.82) is 0 Å². The van der Waals surface area contributed by atoms with Crippen molar-refractivity contribution >= 4 is 21.6 Å². The van der Waals surface area contributed by atoms with Gasteiger partial charge in [0.1, 0.15) is 10.8 Å². The maximum atomic E-state index is 9.94. The van der Waals surface area contributed by atoms with E-state index in [1.807, 2.05) is 18.2 Å². The lowest BCUT2D eigenvalue weighted by Gasteiger charge is -2.18. The molecule has 2 aromatic carbocycles. The van der Waals surface area contributed by atoms with E-state index in [1.165, 1.54) is 5.56 Å². The van der Waals surface area contributed by atoms with E-state index in [1.54, 1.807) is 17.4 Å². The lowest BCUT2D eigenvalue weighted by molar-refractivity contribution is 0.477. The van der Waals surface area contributed by atoms with Crippen LogP contribution in [0.15, 0.2) is 42.5 Å². The fourth-order valence-corrected chi connectivity index (χ4v) is 3.20. The fraction of sp³-hybridized carbons (Fsp3) is 0.235. The van der Waals surface area contributed by atoms with Gasteiger partial charge in [0.15, 0.2) is 0 Å². The zero-order valence-electron chi connectivity index (χ0n) is 11.8. The lowest BCUT2D eigenvalue weighted by atomic mass is 9.87. The van der Waals surface area contributed by atoms with Crippen LogP contribution < -0.4 is 0 Å². The number of hydrogen-bond acceptors (Lipinski definition) is 3. The first kappa shape index (κ1) is 13.1. The van der Waals surface area contributed by atoms with Crippen molar-refractivity contribution in [1.82, 2.24) is 4.98 Å². The van der Waals surface area contributed by atoms with Crippen molar-refractivity contribution in [2.45, 2.75) is 26.2 Å². The van der Waals surface area contributed by atoms with Gasteiger partial charge in [0.2, 0.25) is 0 Å². The number of benzene rings is 2. The van der Waals surface area contributed by atoms with Crippen molar-refractivity contribution < 1.29 is 5.11 Å². The third-order valence-electron chi connectivity index (χ3n) is 3.39. The minimum Gasteiger partial charge on any atom is -0.507 e. The molecular formula is C17H17NOS. The van der Waals surface area contributed by atoms with Crippen LogP contribution in [0.4, 0.5) is 0 Å². The van der Waals surface area contributed by atoms with E-state index in [9.17, 15) is 5.11 Å². The molecule has 0 bridgehead atoms. The van der Waals surface area contributed by atoms with Gasteiger partial charge in [0.05, 0.1) is 15.8 Å². The molecule has 0 aliphatic rings. The Balaban J connectivity index is 2.14. The van der Waals surface area contributed by atoms with Gasteiger partial charge < -0.3 is 5.11 Å². The number of phenols is 1. The Morgan fingerprint density at radius 3 is 2.50 bits per heavy atom. The van der Waals surface area contributed by atoms with Crippen LogP contribution >= 0.6 is 11.3 Å².